The summed E-state index contributed by atoms with van der Waals surface area (Å²) in [7, 11) is 0. The molecule has 1 rings (SSSR count). The molecule has 0 aromatic carbocycles. The highest BCUT2D eigenvalue weighted by molar-refractivity contribution is 8.02. The largest absolute Gasteiger partial charge is 0.492 e. The van der Waals surface area contributed by atoms with Gasteiger partial charge in [-0.25, -0.2) is 0 Å². The van der Waals surface area contributed by atoms with E-state index in [-0.39, 0.29) is 12.5 Å². The lowest BCUT2D eigenvalue weighted by Gasteiger charge is -2.10. The van der Waals surface area contributed by atoms with Gasteiger partial charge >= 0.3 is 0 Å². The second-order valence-corrected chi connectivity index (χ2v) is 4.16. The predicted octanol–water partition coefficient (Wildman–Crippen LogP) is 1.77. The third kappa shape index (κ3) is 4.02. The van der Waals surface area contributed by atoms with Gasteiger partial charge in [0.2, 0.25) is 0 Å². The molecule has 0 radical (unpaired) electrons. The zero-order valence-corrected chi connectivity index (χ0v) is 10.3. The average molecular weight is 240 g/mol. The summed E-state index contributed by atoms with van der Waals surface area (Å²) in [5.41, 5.74) is 6.10. The van der Waals surface area contributed by atoms with Crippen molar-refractivity contribution in [1.29, 1.82) is 0 Å². The van der Waals surface area contributed by atoms with E-state index in [0.29, 0.717) is 11.6 Å². The molecule has 0 aromatic heterocycles. The third-order valence-corrected chi connectivity index (χ3v) is 2.76. The summed E-state index contributed by atoms with van der Waals surface area (Å²) in [5.74, 6) is 1.33. The maximum Gasteiger partial charge on any atom is 0.253 e. The summed E-state index contributed by atoms with van der Waals surface area (Å²) in [5, 5.41) is 1.88. The monoisotopic (exact) mass is 240 g/mol. The second-order valence-electron chi connectivity index (χ2n) is 3.30. The number of hydrogen-bond donors (Lipinski definition) is 1. The van der Waals surface area contributed by atoms with E-state index in [0.717, 1.165) is 5.76 Å². The molecular weight excluding hydrogens is 224 g/mol. The SMILES string of the molecule is C/C=C(\C)OC/C(N)=C/C(=O)N1C=CSC1. The number of rotatable bonds is 4. The molecular formula is C11H16N2O2S. The molecule has 0 aliphatic carbocycles. The minimum absolute atomic E-state index is 0.111. The second kappa shape index (κ2) is 6.27. The predicted molar refractivity (Wildman–Crippen MR) is 66.1 cm³/mol. The molecule has 0 spiro atoms. The van der Waals surface area contributed by atoms with E-state index in [2.05, 4.69) is 0 Å². The standard InChI is InChI=1S/C11H16N2O2S/c1-3-9(2)15-7-10(12)6-11(14)13-4-5-16-8-13/h3-6H,7-8,12H2,1-2H3/b9-3+,10-6-. The first-order valence-electron chi connectivity index (χ1n) is 4.94. The lowest BCUT2D eigenvalue weighted by Crippen LogP contribution is -2.22. The average Bonchev–Trinajstić information content (AvgIpc) is 2.79. The fourth-order valence-electron chi connectivity index (χ4n) is 0.984. The van der Waals surface area contributed by atoms with E-state index in [9.17, 15) is 4.79 Å². The van der Waals surface area contributed by atoms with Gasteiger partial charge in [0, 0.05) is 12.3 Å². The Hall–Kier alpha value is -1.36. The molecule has 1 aliphatic rings. The Bertz CT molecular complexity index is 348. The van der Waals surface area contributed by atoms with Gasteiger partial charge in [0.1, 0.15) is 6.61 Å². The fraction of sp³-hybridized carbons (Fsp3) is 0.364. The molecule has 1 aliphatic heterocycles. The Labute approximate surface area is 99.8 Å². The Morgan fingerprint density at radius 2 is 2.44 bits per heavy atom. The number of allylic oxidation sites excluding steroid dienone is 2. The normalized spacial score (nSPS) is 16.8. The minimum Gasteiger partial charge on any atom is -0.492 e. The van der Waals surface area contributed by atoms with E-state index in [1.807, 2.05) is 25.3 Å². The summed E-state index contributed by atoms with van der Waals surface area (Å²) in [6.45, 7) is 3.97. The van der Waals surface area contributed by atoms with Gasteiger partial charge in [0.25, 0.3) is 5.91 Å². The lowest BCUT2D eigenvalue weighted by atomic mass is 10.4. The van der Waals surface area contributed by atoms with Crippen LogP contribution in [-0.4, -0.2) is 23.3 Å². The molecule has 16 heavy (non-hydrogen) atoms. The summed E-state index contributed by atoms with van der Waals surface area (Å²) < 4.78 is 5.29. The van der Waals surface area contributed by atoms with Crippen molar-refractivity contribution in [3.8, 4) is 0 Å². The van der Waals surface area contributed by atoms with Gasteiger partial charge in [-0.1, -0.05) is 0 Å². The van der Waals surface area contributed by atoms with Gasteiger partial charge in [-0.05, 0) is 25.3 Å². The van der Waals surface area contributed by atoms with Crippen LogP contribution < -0.4 is 5.73 Å². The minimum atomic E-state index is -0.111. The zero-order chi connectivity index (χ0) is 12.0. The van der Waals surface area contributed by atoms with Crippen LogP contribution >= 0.6 is 11.8 Å². The number of nitrogens with zero attached hydrogens (tertiary/aromatic N) is 1. The smallest absolute Gasteiger partial charge is 0.253 e. The van der Waals surface area contributed by atoms with E-state index in [1.165, 1.54) is 6.08 Å². The molecule has 0 unspecified atom stereocenters. The maximum absolute atomic E-state index is 11.6. The van der Waals surface area contributed by atoms with Gasteiger partial charge in [-0.15, -0.1) is 11.8 Å². The van der Waals surface area contributed by atoms with Crippen LogP contribution in [0.2, 0.25) is 0 Å². The third-order valence-electron chi connectivity index (χ3n) is 2.02. The molecule has 0 aromatic rings. The molecule has 0 fully saturated rings. The van der Waals surface area contributed by atoms with E-state index in [4.69, 9.17) is 10.5 Å². The van der Waals surface area contributed by atoms with Crippen LogP contribution in [0.5, 0.6) is 0 Å². The van der Waals surface area contributed by atoms with Crippen LogP contribution in [0.25, 0.3) is 0 Å². The molecule has 0 bridgehead atoms. The van der Waals surface area contributed by atoms with Crippen LogP contribution in [0.4, 0.5) is 0 Å². The molecule has 1 amide bonds. The molecule has 0 saturated carbocycles. The van der Waals surface area contributed by atoms with Crippen molar-refractivity contribution < 1.29 is 9.53 Å². The lowest BCUT2D eigenvalue weighted by molar-refractivity contribution is -0.122. The summed E-state index contributed by atoms with van der Waals surface area (Å²) >= 11 is 1.57. The van der Waals surface area contributed by atoms with E-state index in [1.54, 1.807) is 22.9 Å². The van der Waals surface area contributed by atoms with Gasteiger partial charge < -0.3 is 15.4 Å². The summed E-state index contributed by atoms with van der Waals surface area (Å²) in [6, 6.07) is 0. The van der Waals surface area contributed by atoms with E-state index >= 15 is 0 Å². The van der Waals surface area contributed by atoms with Gasteiger partial charge in [-0.2, -0.15) is 0 Å². The van der Waals surface area contributed by atoms with Crippen molar-refractivity contribution >= 4 is 17.7 Å². The highest BCUT2D eigenvalue weighted by Crippen LogP contribution is 2.15. The molecule has 88 valence electrons. The topological polar surface area (TPSA) is 55.6 Å². The molecule has 0 saturated heterocycles. The number of nitrogens with two attached hydrogens (primary N) is 1. The number of amides is 1. The summed E-state index contributed by atoms with van der Waals surface area (Å²) in [4.78, 5) is 13.2. The Balaban J connectivity index is 2.43. The zero-order valence-electron chi connectivity index (χ0n) is 9.47. The van der Waals surface area contributed by atoms with Crippen LogP contribution in [0.3, 0.4) is 0 Å². The number of hydrogen-bond acceptors (Lipinski definition) is 4. The quantitative estimate of drug-likeness (QED) is 0.601. The van der Waals surface area contributed by atoms with Gasteiger partial charge in [0.15, 0.2) is 0 Å². The van der Waals surface area contributed by atoms with Crippen LogP contribution in [0.1, 0.15) is 13.8 Å². The van der Waals surface area contributed by atoms with Crippen molar-refractivity contribution in [2.45, 2.75) is 13.8 Å². The van der Waals surface area contributed by atoms with Crippen molar-refractivity contribution in [2.75, 3.05) is 12.5 Å². The highest BCUT2D eigenvalue weighted by Gasteiger charge is 2.11. The van der Waals surface area contributed by atoms with Crippen molar-refractivity contribution in [3.63, 3.8) is 0 Å². The van der Waals surface area contributed by atoms with Gasteiger partial charge in [-0.3, -0.25) is 4.79 Å². The first-order valence-corrected chi connectivity index (χ1v) is 5.99. The fourth-order valence-corrected chi connectivity index (χ4v) is 1.68. The molecule has 5 heteroatoms. The number of carbonyl (C=O) groups excluding carboxylic acids is 1. The Kier molecular flexibility index (Phi) is 4.98. The number of carbonyl (C=O) groups is 1. The number of thioether (sulfide) groups is 1. The number of ether oxygens (including phenoxy) is 1. The molecule has 2 N–H and O–H groups in total. The van der Waals surface area contributed by atoms with Crippen molar-refractivity contribution in [2.24, 2.45) is 5.73 Å². The van der Waals surface area contributed by atoms with Crippen molar-refractivity contribution in [1.82, 2.24) is 4.90 Å². The van der Waals surface area contributed by atoms with Gasteiger partial charge in [0.05, 0.1) is 17.3 Å². The molecule has 4 nitrogen and oxygen atoms in total. The van der Waals surface area contributed by atoms with Crippen LogP contribution in [0, 0.1) is 0 Å². The molecule has 1 heterocycles. The Morgan fingerprint density at radius 3 is 3.00 bits per heavy atom. The van der Waals surface area contributed by atoms with Crippen molar-refractivity contribution in [3.05, 3.63) is 35.2 Å². The summed E-state index contributed by atoms with van der Waals surface area (Å²) in [6.07, 6.45) is 4.99. The van der Waals surface area contributed by atoms with E-state index < -0.39 is 0 Å². The highest BCUT2D eigenvalue weighted by atomic mass is 32.2. The van der Waals surface area contributed by atoms with Crippen LogP contribution in [-0.2, 0) is 9.53 Å². The van der Waals surface area contributed by atoms with Crippen LogP contribution in [0.15, 0.2) is 35.2 Å². The first-order chi connectivity index (χ1) is 7.63. The molecule has 0 atom stereocenters. The first kappa shape index (κ1) is 12.7. The maximum atomic E-state index is 11.6. The Morgan fingerprint density at radius 1 is 1.69 bits per heavy atom.